The van der Waals surface area contributed by atoms with Gasteiger partial charge in [0.1, 0.15) is 17.3 Å². The van der Waals surface area contributed by atoms with Gasteiger partial charge in [-0.1, -0.05) is 72.4 Å². The van der Waals surface area contributed by atoms with E-state index in [4.69, 9.17) is 14.9 Å². The maximum Gasteiger partial charge on any atom is 0.329 e. The van der Waals surface area contributed by atoms with E-state index >= 15 is 0 Å². The Balaban J connectivity index is 1.58. The maximum atomic E-state index is 10.7. The first kappa shape index (κ1) is 24.1. The van der Waals surface area contributed by atoms with Crippen LogP contribution in [0.25, 0.3) is 22.4 Å². The molecule has 176 valence electrons. The van der Waals surface area contributed by atoms with Gasteiger partial charge in [-0.15, -0.1) is 0 Å². The zero-order valence-corrected chi connectivity index (χ0v) is 19.9. The first-order valence-corrected chi connectivity index (χ1v) is 12.6. The molecule has 1 heterocycles. The van der Waals surface area contributed by atoms with Gasteiger partial charge >= 0.3 is 5.97 Å². The zero-order chi connectivity index (χ0) is 23.8. The minimum Gasteiger partial charge on any atom is -0.480 e. The van der Waals surface area contributed by atoms with Gasteiger partial charge < -0.3 is 9.84 Å². The van der Waals surface area contributed by atoms with Gasteiger partial charge in [-0.2, -0.15) is 10.4 Å². The Morgan fingerprint density at radius 2 is 1.65 bits per heavy atom. The number of thioether (sulfide) groups is 1. The summed E-state index contributed by atoms with van der Waals surface area (Å²) in [5.41, 5.74) is 4.20. The number of ether oxygens (including phenoxy) is 1. The second-order valence-corrected chi connectivity index (χ2v) is 9.65. The lowest BCUT2D eigenvalue weighted by atomic mass is 9.82. The number of carboxylic acid groups (broad SMARTS) is 1. The van der Waals surface area contributed by atoms with Crippen molar-refractivity contribution in [3.63, 3.8) is 0 Å². The summed E-state index contributed by atoms with van der Waals surface area (Å²) in [5, 5.41) is 24.2. The number of carbonyl (C=O) groups is 1. The van der Waals surface area contributed by atoms with E-state index in [9.17, 15) is 10.1 Å². The number of nitrogens with zero attached hydrogens (tertiary/aromatic N) is 3. The number of aromatic nitrogens is 2. The van der Waals surface area contributed by atoms with Crippen molar-refractivity contribution < 1.29 is 14.6 Å². The third-order valence-electron chi connectivity index (χ3n) is 6.27. The molecule has 6 nitrogen and oxygen atoms in total. The molecule has 34 heavy (non-hydrogen) atoms. The predicted molar refractivity (Wildman–Crippen MR) is 133 cm³/mol. The molecule has 0 amide bonds. The van der Waals surface area contributed by atoms with Crippen molar-refractivity contribution in [2.24, 2.45) is 11.8 Å². The van der Waals surface area contributed by atoms with E-state index in [2.05, 4.69) is 35.0 Å². The molecule has 4 rings (SSSR count). The monoisotopic (exact) mass is 475 g/mol. The van der Waals surface area contributed by atoms with Gasteiger partial charge in [0.05, 0.1) is 18.4 Å². The number of benzene rings is 2. The highest BCUT2D eigenvalue weighted by Gasteiger charge is 2.26. The summed E-state index contributed by atoms with van der Waals surface area (Å²) in [6.07, 6.45) is 4.18. The lowest BCUT2D eigenvalue weighted by Crippen LogP contribution is -2.23. The molecule has 3 aromatic rings. The minimum absolute atomic E-state index is 0.225. The Hall–Kier alpha value is -3.08. The van der Waals surface area contributed by atoms with Gasteiger partial charge in [0.25, 0.3) is 0 Å². The normalized spacial score (nSPS) is 17.9. The molecule has 0 bridgehead atoms. The van der Waals surface area contributed by atoms with Gasteiger partial charge in [0, 0.05) is 17.7 Å². The molecular formula is C27H29N3O3S. The fourth-order valence-electron chi connectivity index (χ4n) is 4.62. The van der Waals surface area contributed by atoms with Crippen LogP contribution in [-0.2, 0) is 16.1 Å². The van der Waals surface area contributed by atoms with Crippen molar-refractivity contribution >= 4 is 17.7 Å². The summed E-state index contributed by atoms with van der Waals surface area (Å²) in [4.78, 5) is 10.7. The van der Waals surface area contributed by atoms with Crippen LogP contribution < -0.4 is 0 Å². The summed E-state index contributed by atoms with van der Waals surface area (Å²) < 4.78 is 7.43. The quantitative estimate of drug-likeness (QED) is 0.376. The third-order valence-corrected chi connectivity index (χ3v) is 7.23. The second-order valence-electron chi connectivity index (χ2n) is 8.69. The highest BCUT2D eigenvalue weighted by Crippen LogP contribution is 2.40. The van der Waals surface area contributed by atoms with Crippen LogP contribution in [0.3, 0.4) is 0 Å². The van der Waals surface area contributed by atoms with Crippen LogP contribution >= 0.6 is 11.8 Å². The number of hydrogen-bond acceptors (Lipinski definition) is 5. The standard InChI is InChI=1S/C27H29N3O3S/c28-15-16-34-27-25(22-7-3-1-4-8-22)26(23-9-5-2-6-10-23)29-30(27)17-20-11-13-21(14-12-20)18-33-19-24(31)32/h1-10,20-21H,11-14,16-19H2,(H,31,32)/t20-,21+. The van der Waals surface area contributed by atoms with Crippen LogP contribution in [0.1, 0.15) is 25.7 Å². The lowest BCUT2D eigenvalue weighted by Gasteiger charge is -2.28. The average Bonchev–Trinajstić information content (AvgIpc) is 3.22. The summed E-state index contributed by atoms with van der Waals surface area (Å²) >= 11 is 1.55. The zero-order valence-electron chi connectivity index (χ0n) is 19.1. The van der Waals surface area contributed by atoms with Crippen LogP contribution in [-0.4, -0.2) is 39.8 Å². The molecule has 1 aliphatic rings. The fraction of sp³-hybridized carbons (Fsp3) is 0.370. The Morgan fingerprint density at radius 1 is 1.03 bits per heavy atom. The number of hydrogen-bond donors (Lipinski definition) is 1. The molecule has 0 aliphatic heterocycles. The molecule has 1 aromatic heterocycles. The number of rotatable bonds is 10. The third kappa shape index (κ3) is 6.07. The predicted octanol–water partition coefficient (Wildman–Crippen LogP) is 5.74. The van der Waals surface area contributed by atoms with Gasteiger partial charge in [0.15, 0.2) is 0 Å². The van der Waals surface area contributed by atoms with Gasteiger partial charge in [-0.3, -0.25) is 4.68 Å². The molecule has 1 saturated carbocycles. The van der Waals surface area contributed by atoms with E-state index in [0.29, 0.717) is 24.2 Å². The molecule has 2 aromatic carbocycles. The second kappa shape index (κ2) is 11.9. The summed E-state index contributed by atoms with van der Waals surface area (Å²) in [5.74, 6) is 0.357. The molecule has 0 atom stereocenters. The van der Waals surface area contributed by atoms with Crippen molar-refractivity contribution in [3.05, 3.63) is 60.7 Å². The molecule has 7 heteroatoms. The highest BCUT2D eigenvalue weighted by molar-refractivity contribution is 7.99. The first-order valence-electron chi connectivity index (χ1n) is 11.7. The minimum atomic E-state index is -0.918. The van der Waals surface area contributed by atoms with Gasteiger partial charge in [-0.05, 0) is 43.1 Å². The Morgan fingerprint density at radius 3 is 2.26 bits per heavy atom. The van der Waals surface area contributed by atoms with Crippen LogP contribution in [0, 0.1) is 23.2 Å². The SMILES string of the molecule is N#CCSc1c(-c2ccccc2)c(-c2ccccc2)nn1C[C@H]1CC[C@@H](COCC(=O)O)CC1. The smallest absolute Gasteiger partial charge is 0.329 e. The topological polar surface area (TPSA) is 88.1 Å². The van der Waals surface area contributed by atoms with E-state index in [1.165, 1.54) is 0 Å². The lowest BCUT2D eigenvalue weighted by molar-refractivity contribution is -0.142. The first-order chi connectivity index (χ1) is 16.7. The van der Waals surface area contributed by atoms with Crippen molar-refractivity contribution in [2.45, 2.75) is 37.3 Å². The van der Waals surface area contributed by atoms with Crippen LogP contribution in [0.15, 0.2) is 65.7 Å². The molecule has 0 spiro atoms. The maximum absolute atomic E-state index is 10.7. The van der Waals surface area contributed by atoms with E-state index in [1.807, 2.05) is 36.4 Å². The Bertz CT molecular complexity index is 1120. The van der Waals surface area contributed by atoms with Crippen molar-refractivity contribution in [1.82, 2.24) is 9.78 Å². The summed E-state index contributed by atoms with van der Waals surface area (Å²) in [7, 11) is 0. The Labute approximate surface area is 204 Å². The van der Waals surface area contributed by atoms with E-state index in [1.54, 1.807) is 11.8 Å². The molecule has 1 aliphatic carbocycles. The van der Waals surface area contributed by atoms with Crippen LogP contribution in [0.4, 0.5) is 0 Å². The molecule has 1 N–H and O–H groups in total. The van der Waals surface area contributed by atoms with Gasteiger partial charge in [0.2, 0.25) is 0 Å². The van der Waals surface area contributed by atoms with E-state index in [-0.39, 0.29) is 6.61 Å². The van der Waals surface area contributed by atoms with Crippen LogP contribution in [0.2, 0.25) is 0 Å². The van der Waals surface area contributed by atoms with E-state index in [0.717, 1.165) is 59.6 Å². The van der Waals surface area contributed by atoms with Crippen LogP contribution in [0.5, 0.6) is 0 Å². The van der Waals surface area contributed by atoms with Crippen molar-refractivity contribution in [3.8, 4) is 28.5 Å². The number of nitriles is 1. The highest BCUT2D eigenvalue weighted by atomic mass is 32.2. The van der Waals surface area contributed by atoms with E-state index < -0.39 is 5.97 Å². The van der Waals surface area contributed by atoms with Crippen molar-refractivity contribution in [1.29, 1.82) is 5.26 Å². The van der Waals surface area contributed by atoms with Crippen molar-refractivity contribution in [2.75, 3.05) is 19.0 Å². The molecule has 0 unspecified atom stereocenters. The number of aliphatic carboxylic acids is 1. The number of carboxylic acids is 1. The molecule has 1 fully saturated rings. The summed E-state index contributed by atoms with van der Waals surface area (Å²) in [6, 6.07) is 22.8. The largest absolute Gasteiger partial charge is 0.480 e. The summed E-state index contributed by atoms with van der Waals surface area (Å²) in [6.45, 7) is 1.10. The average molecular weight is 476 g/mol. The molecule has 0 saturated heterocycles. The Kier molecular flexibility index (Phi) is 8.40. The molecular weight excluding hydrogens is 446 g/mol. The fourth-order valence-corrected chi connectivity index (χ4v) is 5.44. The molecule has 0 radical (unpaired) electrons. The van der Waals surface area contributed by atoms with Gasteiger partial charge in [-0.25, -0.2) is 4.79 Å².